The van der Waals surface area contributed by atoms with Gasteiger partial charge in [-0.1, -0.05) is 19.8 Å². The van der Waals surface area contributed by atoms with E-state index < -0.39 is 0 Å². The van der Waals surface area contributed by atoms with Gasteiger partial charge < -0.3 is 14.7 Å². The Morgan fingerprint density at radius 2 is 1.21 bits per heavy atom. The summed E-state index contributed by atoms with van der Waals surface area (Å²) in [6, 6.07) is 0. The van der Waals surface area contributed by atoms with E-state index in [4.69, 9.17) is 0 Å². The Hall–Kier alpha value is -1.12. The van der Waals surface area contributed by atoms with Gasteiger partial charge in [0, 0.05) is 48.0 Å². The SMILES string of the molecule is CCCC[C]1C(N(C)C)=C(C)C(N(C)C)=C1N(C)C. The van der Waals surface area contributed by atoms with Crippen LogP contribution in [0.15, 0.2) is 22.7 Å². The molecule has 0 aromatic carbocycles. The van der Waals surface area contributed by atoms with Crippen LogP contribution in [0, 0.1) is 5.92 Å². The molecule has 0 aliphatic heterocycles. The zero-order valence-electron chi connectivity index (χ0n) is 14.0. The molecule has 1 aliphatic carbocycles. The Kier molecular flexibility index (Phi) is 5.33. The molecule has 0 spiro atoms. The summed E-state index contributed by atoms with van der Waals surface area (Å²) in [4.78, 5) is 6.77. The number of unbranched alkanes of at least 4 members (excludes halogenated alkanes) is 1. The Morgan fingerprint density at radius 1 is 0.737 bits per heavy atom. The van der Waals surface area contributed by atoms with Gasteiger partial charge in [-0.25, -0.2) is 0 Å². The molecule has 0 heterocycles. The van der Waals surface area contributed by atoms with Gasteiger partial charge in [0.05, 0.1) is 17.3 Å². The van der Waals surface area contributed by atoms with Gasteiger partial charge >= 0.3 is 0 Å². The minimum absolute atomic E-state index is 1.16. The number of likely N-dealkylation sites (N-methyl/N-ethyl adjacent to an activating group) is 1. The van der Waals surface area contributed by atoms with Gasteiger partial charge in [0.2, 0.25) is 0 Å². The summed E-state index contributed by atoms with van der Waals surface area (Å²) in [7, 11) is 12.9. The fourth-order valence-corrected chi connectivity index (χ4v) is 3.00. The molecule has 1 radical (unpaired) electrons. The summed E-state index contributed by atoms with van der Waals surface area (Å²) in [5.74, 6) is 1.50. The first kappa shape index (κ1) is 15.9. The van der Waals surface area contributed by atoms with Crippen molar-refractivity contribution in [3.63, 3.8) is 0 Å². The van der Waals surface area contributed by atoms with Crippen LogP contribution >= 0.6 is 0 Å². The highest BCUT2D eigenvalue weighted by Gasteiger charge is 2.35. The van der Waals surface area contributed by atoms with Crippen LogP contribution < -0.4 is 0 Å². The predicted molar refractivity (Wildman–Crippen MR) is 83.6 cm³/mol. The highest BCUT2D eigenvalue weighted by Crippen LogP contribution is 2.43. The molecule has 0 unspecified atom stereocenters. The van der Waals surface area contributed by atoms with E-state index in [1.165, 1.54) is 41.4 Å². The van der Waals surface area contributed by atoms with Crippen LogP contribution in [0.5, 0.6) is 0 Å². The lowest BCUT2D eigenvalue weighted by molar-refractivity contribution is 0.438. The third-order valence-corrected chi connectivity index (χ3v) is 3.63. The molecule has 0 bridgehead atoms. The van der Waals surface area contributed by atoms with Crippen LogP contribution in [-0.2, 0) is 0 Å². The monoisotopic (exact) mass is 264 g/mol. The van der Waals surface area contributed by atoms with Crippen molar-refractivity contribution in [2.24, 2.45) is 0 Å². The lowest BCUT2D eigenvalue weighted by atomic mass is 9.96. The minimum Gasteiger partial charge on any atom is -0.380 e. The first-order valence-electron chi connectivity index (χ1n) is 7.16. The normalized spacial score (nSPS) is 16.4. The number of hydrogen-bond donors (Lipinski definition) is 0. The van der Waals surface area contributed by atoms with Crippen molar-refractivity contribution in [2.45, 2.75) is 33.1 Å². The van der Waals surface area contributed by atoms with E-state index in [1.807, 2.05) is 0 Å². The van der Waals surface area contributed by atoms with Gasteiger partial charge in [0.25, 0.3) is 0 Å². The van der Waals surface area contributed by atoms with Crippen LogP contribution in [0.2, 0.25) is 0 Å². The Balaban J connectivity index is 3.27. The Bertz CT molecular complexity index is 375. The van der Waals surface area contributed by atoms with Gasteiger partial charge in [-0.2, -0.15) is 0 Å². The summed E-state index contributed by atoms with van der Waals surface area (Å²) in [6.07, 6.45) is 3.64. The first-order valence-corrected chi connectivity index (χ1v) is 7.16. The summed E-state index contributed by atoms with van der Waals surface area (Å²) in [5.41, 5.74) is 5.55. The highest BCUT2D eigenvalue weighted by atomic mass is 15.2. The van der Waals surface area contributed by atoms with Gasteiger partial charge in [0.1, 0.15) is 0 Å². The van der Waals surface area contributed by atoms with E-state index in [-0.39, 0.29) is 0 Å². The van der Waals surface area contributed by atoms with Crippen molar-refractivity contribution in [3.8, 4) is 0 Å². The lowest BCUT2D eigenvalue weighted by Gasteiger charge is -2.28. The molecule has 0 N–H and O–H groups in total. The van der Waals surface area contributed by atoms with Gasteiger partial charge in [0.15, 0.2) is 0 Å². The van der Waals surface area contributed by atoms with Crippen LogP contribution in [0.25, 0.3) is 0 Å². The second kappa shape index (κ2) is 6.36. The summed E-state index contributed by atoms with van der Waals surface area (Å²) in [6.45, 7) is 4.50. The van der Waals surface area contributed by atoms with Crippen molar-refractivity contribution in [2.75, 3.05) is 42.3 Å². The second-order valence-electron chi connectivity index (χ2n) is 5.94. The van der Waals surface area contributed by atoms with Gasteiger partial charge in [-0.15, -0.1) is 0 Å². The average Bonchev–Trinajstić information content (AvgIpc) is 2.59. The Labute approximate surface area is 119 Å². The zero-order valence-corrected chi connectivity index (χ0v) is 14.0. The molecular formula is C16H30N3. The van der Waals surface area contributed by atoms with Gasteiger partial charge in [-0.3, -0.25) is 0 Å². The lowest BCUT2D eigenvalue weighted by Crippen LogP contribution is -2.24. The van der Waals surface area contributed by atoms with E-state index >= 15 is 0 Å². The molecule has 19 heavy (non-hydrogen) atoms. The zero-order chi connectivity index (χ0) is 14.7. The van der Waals surface area contributed by atoms with Gasteiger partial charge in [-0.05, 0) is 18.9 Å². The fourth-order valence-electron chi connectivity index (χ4n) is 3.00. The number of rotatable bonds is 6. The highest BCUT2D eigenvalue weighted by molar-refractivity contribution is 5.57. The summed E-state index contributed by atoms with van der Waals surface area (Å²) in [5, 5.41) is 0. The number of nitrogens with zero attached hydrogens (tertiary/aromatic N) is 3. The molecule has 0 amide bonds. The van der Waals surface area contributed by atoms with Crippen LogP contribution in [0.3, 0.4) is 0 Å². The molecule has 0 saturated heterocycles. The molecule has 1 rings (SSSR count). The van der Waals surface area contributed by atoms with Crippen molar-refractivity contribution in [1.82, 2.24) is 14.7 Å². The van der Waals surface area contributed by atoms with E-state index in [9.17, 15) is 0 Å². The maximum atomic E-state index is 2.26. The van der Waals surface area contributed by atoms with Crippen LogP contribution in [0.1, 0.15) is 33.1 Å². The summed E-state index contributed by atoms with van der Waals surface area (Å²) < 4.78 is 0. The Morgan fingerprint density at radius 3 is 1.58 bits per heavy atom. The van der Waals surface area contributed by atoms with Crippen molar-refractivity contribution in [1.29, 1.82) is 0 Å². The molecular weight excluding hydrogens is 234 g/mol. The summed E-state index contributed by atoms with van der Waals surface area (Å²) >= 11 is 0. The van der Waals surface area contributed by atoms with E-state index in [2.05, 4.69) is 70.8 Å². The van der Waals surface area contributed by atoms with Crippen molar-refractivity contribution in [3.05, 3.63) is 28.6 Å². The third-order valence-electron chi connectivity index (χ3n) is 3.63. The quantitative estimate of drug-likeness (QED) is 0.730. The molecule has 1 aliphatic rings. The third kappa shape index (κ3) is 3.07. The topological polar surface area (TPSA) is 9.72 Å². The number of allylic oxidation sites excluding steroid dienone is 1. The largest absolute Gasteiger partial charge is 0.380 e. The molecule has 3 heteroatoms. The molecule has 109 valence electrons. The first-order chi connectivity index (χ1) is 8.82. The number of hydrogen-bond acceptors (Lipinski definition) is 3. The van der Waals surface area contributed by atoms with Crippen LogP contribution in [0.4, 0.5) is 0 Å². The fraction of sp³-hybridized carbons (Fsp3) is 0.688. The molecule has 0 aromatic rings. The molecule has 0 saturated carbocycles. The maximum absolute atomic E-state index is 2.26. The molecule has 3 nitrogen and oxygen atoms in total. The molecule has 0 fully saturated rings. The van der Waals surface area contributed by atoms with E-state index in [0.29, 0.717) is 0 Å². The maximum Gasteiger partial charge on any atom is 0.0691 e. The van der Waals surface area contributed by atoms with Crippen molar-refractivity contribution < 1.29 is 0 Å². The predicted octanol–water partition coefficient (Wildman–Crippen LogP) is 2.94. The smallest absolute Gasteiger partial charge is 0.0691 e. The molecule has 0 aromatic heterocycles. The van der Waals surface area contributed by atoms with Crippen molar-refractivity contribution >= 4 is 0 Å². The second-order valence-corrected chi connectivity index (χ2v) is 5.94. The van der Waals surface area contributed by atoms with E-state index in [1.54, 1.807) is 0 Å². The minimum atomic E-state index is 1.16. The van der Waals surface area contributed by atoms with Crippen LogP contribution in [-0.4, -0.2) is 57.0 Å². The van der Waals surface area contributed by atoms with E-state index in [0.717, 1.165) is 6.42 Å². The molecule has 0 atom stereocenters. The average molecular weight is 264 g/mol. The standard InChI is InChI=1S/C16H30N3/c1-9-10-11-13-14(17(3)4)12(2)15(18(5)6)16(13)19(7)8/h9-11H2,1-8H3.